The zero-order valence-corrected chi connectivity index (χ0v) is 7.28. The third-order valence-corrected chi connectivity index (χ3v) is 1.23. The van der Waals surface area contributed by atoms with Gasteiger partial charge in [-0.1, -0.05) is 0 Å². The van der Waals surface area contributed by atoms with Crippen molar-refractivity contribution in [1.82, 2.24) is 5.01 Å². The first kappa shape index (κ1) is 10.0. The molecule has 0 radical (unpaired) electrons. The Bertz CT molecular complexity index is 123. The summed E-state index contributed by atoms with van der Waals surface area (Å²) >= 11 is 0. The van der Waals surface area contributed by atoms with E-state index >= 15 is 0 Å². The van der Waals surface area contributed by atoms with Crippen LogP contribution in [0.15, 0.2) is 5.28 Å². The summed E-state index contributed by atoms with van der Waals surface area (Å²) in [6.45, 7) is 7.23. The highest BCUT2D eigenvalue weighted by atomic mass is 16.7. The SMILES string of the molecule is CCO/N=[N+](\[O-])N(CC)CC. The van der Waals surface area contributed by atoms with Crippen LogP contribution in [-0.2, 0) is 4.84 Å². The molecule has 0 aliphatic carbocycles. The van der Waals surface area contributed by atoms with Gasteiger partial charge < -0.3 is 10.0 Å². The molecule has 5 nitrogen and oxygen atoms in total. The highest BCUT2D eigenvalue weighted by Gasteiger charge is 2.05. The summed E-state index contributed by atoms with van der Waals surface area (Å²) < 4.78 is 0. The molecule has 0 rings (SSSR count). The van der Waals surface area contributed by atoms with Crippen molar-refractivity contribution in [2.24, 2.45) is 5.28 Å². The lowest BCUT2D eigenvalue weighted by Crippen LogP contribution is -2.30. The topological polar surface area (TPSA) is 50.9 Å². The molecular weight excluding hydrogens is 146 g/mol. The van der Waals surface area contributed by atoms with E-state index in [-0.39, 0.29) is 0 Å². The third kappa shape index (κ3) is 3.64. The van der Waals surface area contributed by atoms with E-state index in [0.717, 1.165) is 0 Å². The second-order valence-electron chi connectivity index (χ2n) is 1.89. The standard InChI is InChI=1S/C6H15N3O2/c1-4-8(5-2)9(10)7-11-6-3/h4-6H2,1-3H3/b9-7-. The normalized spacial score (nSPS) is 11.4. The van der Waals surface area contributed by atoms with E-state index in [9.17, 15) is 5.21 Å². The van der Waals surface area contributed by atoms with E-state index < -0.39 is 0 Å². The van der Waals surface area contributed by atoms with Crippen LogP contribution in [-0.4, -0.2) is 29.7 Å². The Kier molecular flexibility index (Phi) is 5.24. The van der Waals surface area contributed by atoms with Crippen molar-refractivity contribution in [2.45, 2.75) is 20.8 Å². The fourth-order valence-corrected chi connectivity index (χ4v) is 0.624. The summed E-state index contributed by atoms with van der Waals surface area (Å²) in [6, 6.07) is 0. The molecule has 0 amide bonds. The summed E-state index contributed by atoms with van der Waals surface area (Å²) in [5.41, 5.74) is 0. The minimum absolute atomic E-state index is 0.417. The fraction of sp³-hybridized carbons (Fsp3) is 1.00. The van der Waals surface area contributed by atoms with Gasteiger partial charge in [-0.15, -0.1) is 5.01 Å². The lowest BCUT2D eigenvalue weighted by Gasteiger charge is -2.12. The van der Waals surface area contributed by atoms with Crippen molar-refractivity contribution in [3.05, 3.63) is 5.21 Å². The Balaban J connectivity index is 3.85. The zero-order chi connectivity index (χ0) is 8.69. The molecule has 66 valence electrons. The van der Waals surface area contributed by atoms with Gasteiger partial charge in [-0.05, 0) is 20.8 Å². The van der Waals surface area contributed by atoms with E-state index in [0.29, 0.717) is 24.7 Å². The quantitative estimate of drug-likeness (QED) is 0.345. The monoisotopic (exact) mass is 161 g/mol. The van der Waals surface area contributed by atoms with Crippen molar-refractivity contribution in [2.75, 3.05) is 19.7 Å². The average molecular weight is 161 g/mol. The molecule has 0 bridgehead atoms. The Labute approximate surface area is 66.8 Å². The minimum Gasteiger partial charge on any atom is -0.569 e. The molecule has 0 atom stereocenters. The number of hydrazine groups is 1. The van der Waals surface area contributed by atoms with Crippen molar-refractivity contribution in [3.63, 3.8) is 0 Å². The Morgan fingerprint density at radius 1 is 1.36 bits per heavy atom. The summed E-state index contributed by atoms with van der Waals surface area (Å²) in [4.78, 5) is 5.05. The molecule has 0 fully saturated rings. The third-order valence-electron chi connectivity index (χ3n) is 1.23. The highest BCUT2D eigenvalue weighted by Crippen LogP contribution is 1.89. The molecule has 0 spiro atoms. The van der Waals surface area contributed by atoms with Crippen molar-refractivity contribution >= 4 is 0 Å². The minimum atomic E-state index is 0.417. The van der Waals surface area contributed by atoms with Crippen LogP contribution in [0.25, 0.3) is 0 Å². The van der Waals surface area contributed by atoms with Crippen LogP contribution in [0.1, 0.15) is 20.8 Å². The molecule has 0 unspecified atom stereocenters. The number of nitrogens with zero attached hydrogens (tertiary/aromatic N) is 3. The average Bonchev–Trinajstić information content (AvgIpc) is 2.03. The number of hydrogen-bond acceptors (Lipinski definition) is 3. The van der Waals surface area contributed by atoms with E-state index in [2.05, 4.69) is 10.1 Å². The van der Waals surface area contributed by atoms with Crippen molar-refractivity contribution < 1.29 is 9.81 Å². The van der Waals surface area contributed by atoms with Gasteiger partial charge in [-0.25, -0.2) is 0 Å². The Morgan fingerprint density at radius 2 is 1.91 bits per heavy atom. The summed E-state index contributed by atoms with van der Waals surface area (Å²) in [7, 11) is 0. The molecule has 0 aromatic carbocycles. The van der Waals surface area contributed by atoms with Gasteiger partial charge in [0.25, 0.3) is 0 Å². The van der Waals surface area contributed by atoms with Gasteiger partial charge in [0.2, 0.25) is 5.28 Å². The van der Waals surface area contributed by atoms with Crippen molar-refractivity contribution in [1.29, 1.82) is 0 Å². The van der Waals surface area contributed by atoms with Crippen LogP contribution < -0.4 is 0 Å². The first-order valence-electron chi connectivity index (χ1n) is 3.81. The van der Waals surface area contributed by atoms with E-state index in [1.54, 1.807) is 6.92 Å². The molecule has 5 heteroatoms. The molecular formula is C6H15N3O2. The van der Waals surface area contributed by atoms with Gasteiger partial charge in [-0.3, -0.25) is 0 Å². The molecule has 0 aromatic heterocycles. The smallest absolute Gasteiger partial charge is 0.233 e. The second-order valence-corrected chi connectivity index (χ2v) is 1.89. The van der Waals surface area contributed by atoms with Gasteiger partial charge >= 0.3 is 0 Å². The first-order chi connectivity index (χ1) is 5.26. The summed E-state index contributed by atoms with van der Waals surface area (Å²) in [6.07, 6.45) is 0. The molecule has 0 aliphatic heterocycles. The molecule has 0 saturated carbocycles. The van der Waals surface area contributed by atoms with Gasteiger partial charge in [0, 0.05) is 0 Å². The van der Waals surface area contributed by atoms with Crippen molar-refractivity contribution in [3.8, 4) is 0 Å². The van der Waals surface area contributed by atoms with Crippen LogP contribution >= 0.6 is 0 Å². The largest absolute Gasteiger partial charge is 0.569 e. The molecule has 0 aliphatic rings. The van der Waals surface area contributed by atoms with E-state index in [1.807, 2.05) is 13.8 Å². The van der Waals surface area contributed by atoms with E-state index in [4.69, 9.17) is 0 Å². The summed E-state index contributed by atoms with van der Waals surface area (Å²) in [5.74, 6) is 0. The zero-order valence-electron chi connectivity index (χ0n) is 7.28. The van der Waals surface area contributed by atoms with Gasteiger partial charge in [0.1, 0.15) is 6.61 Å². The maximum atomic E-state index is 10.9. The number of rotatable bonds is 5. The molecule has 0 N–H and O–H groups in total. The van der Waals surface area contributed by atoms with Crippen LogP contribution in [0.3, 0.4) is 0 Å². The predicted octanol–water partition coefficient (Wildman–Crippen LogP) is 1.16. The maximum Gasteiger partial charge on any atom is 0.233 e. The van der Waals surface area contributed by atoms with Gasteiger partial charge in [0.05, 0.1) is 18.1 Å². The van der Waals surface area contributed by atoms with Crippen LogP contribution in [0.5, 0.6) is 0 Å². The molecule has 0 aromatic rings. The van der Waals surface area contributed by atoms with Crippen LogP contribution in [0, 0.1) is 5.21 Å². The molecule has 11 heavy (non-hydrogen) atoms. The first-order valence-corrected chi connectivity index (χ1v) is 3.81. The summed E-state index contributed by atoms with van der Waals surface area (Å²) in [5, 5.41) is 15.7. The lowest BCUT2D eigenvalue weighted by atomic mass is 10.6. The maximum absolute atomic E-state index is 10.9. The van der Waals surface area contributed by atoms with Crippen LogP contribution in [0.2, 0.25) is 0 Å². The predicted molar refractivity (Wildman–Crippen MR) is 40.6 cm³/mol. The lowest BCUT2D eigenvalue weighted by molar-refractivity contribution is -0.709. The molecule has 0 saturated heterocycles. The second kappa shape index (κ2) is 5.76. The molecule has 0 heterocycles. The van der Waals surface area contributed by atoms with E-state index in [1.165, 1.54) is 5.01 Å². The van der Waals surface area contributed by atoms with Crippen LogP contribution in [0.4, 0.5) is 0 Å². The Morgan fingerprint density at radius 3 is 2.27 bits per heavy atom. The fourth-order valence-electron chi connectivity index (χ4n) is 0.624. The van der Waals surface area contributed by atoms with Gasteiger partial charge in [0.15, 0.2) is 0 Å². The Hall–Kier alpha value is -1.00. The van der Waals surface area contributed by atoms with Gasteiger partial charge in [-0.2, -0.15) is 0 Å². The number of hydrogen-bond donors (Lipinski definition) is 0. The highest BCUT2D eigenvalue weighted by molar-refractivity contribution is 4.29.